The summed E-state index contributed by atoms with van der Waals surface area (Å²) in [5, 5.41) is 3.01. The molecule has 4 heteroatoms. The van der Waals surface area contributed by atoms with Gasteiger partial charge < -0.3 is 10.2 Å². The lowest BCUT2D eigenvalue weighted by molar-refractivity contribution is 0.263. The third-order valence-corrected chi connectivity index (χ3v) is 3.88. The van der Waals surface area contributed by atoms with Crippen LogP contribution in [0.25, 0.3) is 0 Å². The molecule has 1 aromatic heterocycles. The van der Waals surface area contributed by atoms with Crippen molar-refractivity contribution in [3.63, 3.8) is 0 Å². The number of rotatable bonds is 2. The SMILES string of the molecule is CNc1ncc(C)c(N2CCC(C(C)(C)C)C2)n1. The van der Waals surface area contributed by atoms with Crippen molar-refractivity contribution in [1.29, 1.82) is 0 Å². The molecule has 1 atom stereocenters. The van der Waals surface area contributed by atoms with Crippen LogP contribution in [-0.4, -0.2) is 30.1 Å². The fourth-order valence-electron chi connectivity index (χ4n) is 2.53. The van der Waals surface area contributed by atoms with Crippen molar-refractivity contribution in [2.45, 2.75) is 34.1 Å². The number of aryl methyl sites for hydroxylation is 1. The third kappa shape index (κ3) is 2.57. The summed E-state index contributed by atoms with van der Waals surface area (Å²) in [7, 11) is 1.86. The highest BCUT2D eigenvalue weighted by Gasteiger charge is 2.32. The predicted molar refractivity (Wildman–Crippen MR) is 76.1 cm³/mol. The first kappa shape index (κ1) is 13.1. The van der Waals surface area contributed by atoms with E-state index >= 15 is 0 Å². The average molecular weight is 248 g/mol. The van der Waals surface area contributed by atoms with Gasteiger partial charge in [-0.05, 0) is 24.7 Å². The van der Waals surface area contributed by atoms with E-state index in [2.05, 4.69) is 47.9 Å². The van der Waals surface area contributed by atoms with Gasteiger partial charge in [-0.3, -0.25) is 0 Å². The Labute approximate surface area is 110 Å². The average Bonchev–Trinajstić information content (AvgIpc) is 2.78. The summed E-state index contributed by atoms with van der Waals surface area (Å²) in [5.41, 5.74) is 1.53. The smallest absolute Gasteiger partial charge is 0.224 e. The van der Waals surface area contributed by atoms with E-state index in [1.807, 2.05) is 13.2 Å². The minimum atomic E-state index is 0.377. The fraction of sp³-hybridized carbons (Fsp3) is 0.714. The lowest BCUT2D eigenvalue weighted by atomic mass is 9.80. The Hall–Kier alpha value is -1.32. The van der Waals surface area contributed by atoms with Crippen molar-refractivity contribution >= 4 is 11.8 Å². The van der Waals surface area contributed by atoms with Crippen LogP contribution < -0.4 is 10.2 Å². The zero-order valence-electron chi connectivity index (χ0n) is 12.1. The Morgan fingerprint density at radius 3 is 2.67 bits per heavy atom. The normalized spacial score (nSPS) is 20.3. The second-order valence-corrected chi connectivity index (χ2v) is 6.25. The molecule has 2 heterocycles. The van der Waals surface area contributed by atoms with Gasteiger partial charge in [-0.2, -0.15) is 4.98 Å². The lowest BCUT2D eigenvalue weighted by Crippen LogP contribution is -2.27. The van der Waals surface area contributed by atoms with Crippen LogP contribution in [0.15, 0.2) is 6.20 Å². The molecule has 0 aromatic carbocycles. The van der Waals surface area contributed by atoms with Crippen LogP contribution >= 0.6 is 0 Å². The van der Waals surface area contributed by atoms with Crippen molar-refractivity contribution in [2.75, 3.05) is 30.4 Å². The molecule has 1 unspecified atom stereocenters. The molecule has 1 fully saturated rings. The van der Waals surface area contributed by atoms with Gasteiger partial charge in [0.2, 0.25) is 5.95 Å². The molecule has 4 nitrogen and oxygen atoms in total. The Kier molecular flexibility index (Phi) is 3.46. The van der Waals surface area contributed by atoms with E-state index in [4.69, 9.17) is 0 Å². The van der Waals surface area contributed by atoms with Crippen LogP contribution in [0.5, 0.6) is 0 Å². The predicted octanol–water partition coefficient (Wildman–Crippen LogP) is 2.70. The van der Waals surface area contributed by atoms with Crippen molar-refractivity contribution in [3.8, 4) is 0 Å². The second kappa shape index (κ2) is 4.75. The summed E-state index contributed by atoms with van der Waals surface area (Å²) in [6, 6.07) is 0. The maximum atomic E-state index is 4.59. The lowest BCUT2D eigenvalue weighted by Gasteiger charge is -2.27. The molecular weight excluding hydrogens is 224 g/mol. The van der Waals surface area contributed by atoms with E-state index in [1.54, 1.807) is 0 Å². The van der Waals surface area contributed by atoms with Gasteiger partial charge in [0.1, 0.15) is 5.82 Å². The first-order valence-corrected chi connectivity index (χ1v) is 6.68. The highest BCUT2D eigenvalue weighted by Crippen LogP contribution is 2.35. The standard InChI is InChI=1S/C14H24N4/c1-10-8-16-13(15-5)17-12(10)18-7-6-11(9-18)14(2,3)4/h8,11H,6-7,9H2,1-5H3,(H,15,16,17). The number of hydrogen-bond donors (Lipinski definition) is 1. The molecule has 0 amide bonds. The van der Waals surface area contributed by atoms with Gasteiger partial charge in [0.05, 0.1) is 0 Å². The Bertz CT molecular complexity index is 422. The summed E-state index contributed by atoms with van der Waals surface area (Å²) in [6.07, 6.45) is 3.15. The third-order valence-electron chi connectivity index (χ3n) is 3.88. The van der Waals surface area contributed by atoms with Crippen LogP contribution in [0, 0.1) is 18.3 Å². The molecule has 18 heavy (non-hydrogen) atoms. The summed E-state index contributed by atoms with van der Waals surface area (Å²) in [5.74, 6) is 2.53. The minimum Gasteiger partial charge on any atom is -0.357 e. The molecular formula is C14H24N4. The van der Waals surface area contributed by atoms with Gasteiger partial charge in [0.25, 0.3) is 0 Å². The summed E-state index contributed by atoms with van der Waals surface area (Å²) in [6.45, 7) is 11.3. The topological polar surface area (TPSA) is 41.1 Å². The van der Waals surface area contributed by atoms with Crippen molar-refractivity contribution in [1.82, 2.24) is 9.97 Å². The second-order valence-electron chi connectivity index (χ2n) is 6.25. The fourth-order valence-corrected chi connectivity index (χ4v) is 2.53. The maximum absolute atomic E-state index is 4.59. The van der Waals surface area contributed by atoms with Gasteiger partial charge >= 0.3 is 0 Å². The van der Waals surface area contributed by atoms with Crippen molar-refractivity contribution in [3.05, 3.63) is 11.8 Å². The van der Waals surface area contributed by atoms with Gasteiger partial charge in [0.15, 0.2) is 0 Å². The van der Waals surface area contributed by atoms with E-state index in [0.29, 0.717) is 11.4 Å². The molecule has 0 aliphatic carbocycles. The van der Waals surface area contributed by atoms with E-state index < -0.39 is 0 Å². The zero-order chi connectivity index (χ0) is 13.3. The molecule has 0 bridgehead atoms. The quantitative estimate of drug-likeness (QED) is 0.873. The van der Waals surface area contributed by atoms with Crippen molar-refractivity contribution in [2.24, 2.45) is 11.3 Å². The van der Waals surface area contributed by atoms with E-state index in [9.17, 15) is 0 Å². The molecule has 2 rings (SSSR count). The Morgan fingerprint density at radius 1 is 1.39 bits per heavy atom. The number of aromatic nitrogens is 2. The van der Waals surface area contributed by atoms with E-state index in [-0.39, 0.29) is 0 Å². The molecule has 1 aliphatic heterocycles. The number of anilines is 2. The summed E-state index contributed by atoms with van der Waals surface area (Å²) in [4.78, 5) is 11.2. The van der Waals surface area contributed by atoms with Gasteiger partial charge in [-0.1, -0.05) is 20.8 Å². The van der Waals surface area contributed by atoms with E-state index in [1.165, 1.54) is 6.42 Å². The number of hydrogen-bond acceptors (Lipinski definition) is 4. The van der Waals surface area contributed by atoms with Gasteiger partial charge in [-0.25, -0.2) is 4.98 Å². The van der Waals surface area contributed by atoms with Gasteiger partial charge in [0, 0.05) is 31.9 Å². The van der Waals surface area contributed by atoms with Crippen LogP contribution in [-0.2, 0) is 0 Å². The molecule has 0 radical (unpaired) electrons. The van der Waals surface area contributed by atoms with Crippen LogP contribution in [0.3, 0.4) is 0 Å². The van der Waals surface area contributed by atoms with Crippen LogP contribution in [0.1, 0.15) is 32.8 Å². The minimum absolute atomic E-state index is 0.377. The molecule has 1 N–H and O–H groups in total. The largest absolute Gasteiger partial charge is 0.357 e. The molecule has 1 aliphatic rings. The van der Waals surface area contributed by atoms with E-state index in [0.717, 1.165) is 30.4 Å². The first-order chi connectivity index (χ1) is 8.41. The highest BCUT2D eigenvalue weighted by atomic mass is 15.2. The highest BCUT2D eigenvalue weighted by molar-refractivity contribution is 5.49. The monoisotopic (exact) mass is 248 g/mol. The van der Waals surface area contributed by atoms with Crippen LogP contribution in [0.4, 0.5) is 11.8 Å². The van der Waals surface area contributed by atoms with Crippen LogP contribution in [0.2, 0.25) is 0 Å². The molecule has 1 aromatic rings. The maximum Gasteiger partial charge on any atom is 0.224 e. The number of nitrogens with zero attached hydrogens (tertiary/aromatic N) is 3. The number of nitrogens with one attached hydrogen (secondary N) is 1. The molecule has 1 saturated heterocycles. The van der Waals surface area contributed by atoms with Gasteiger partial charge in [-0.15, -0.1) is 0 Å². The Morgan fingerprint density at radius 2 is 2.11 bits per heavy atom. The molecule has 0 spiro atoms. The molecule has 100 valence electrons. The summed E-state index contributed by atoms with van der Waals surface area (Å²) < 4.78 is 0. The summed E-state index contributed by atoms with van der Waals surface area (Å²) >= 11 is 0. The zero-order valence-corrected chi connectivity index (χ0v) is 12.1. The Balaban J connectivity index is 2.19. The van der Waals surface area contributed by atoms with Crippen molar-refractivity contribution < 1.29 is 0 Å². The molecule has 0 saturated carbocycles. The first-order valence-electron chi connectivity index (χ1n) is 6.68.